The standard InChI is InChI=1S/C15H28N2O4/c1-14(2,3)21-17(11-18)15(4,5)10-12-6-8-16(9-7-12)13(19)20/h11-12H,6-10H2,1-5H3,(H,19,20). The topological polar surface area (TPSA) is 70.1 Å². The summed E-state index contributed by atoms with van der Waals surface area (Å²) in [5.74, 6) is 0.404. The molecular formula is C15H28N2O4. The molecular weight excluding hydrogens is 272 g/mol. The molecule has 0 aliphatic carbocycles. The minimum absolute atomic E-state index is 0.404. The van der Waals surface area contributed by atoms with Crippen molar-refractivity contribution >= 4 is 12.5 Å². The molecule has 1 heterocycles. The summed E-state index contributed by atoms with van der Waals surface area (Å²) < 4.78 is 0. The summed E-state index contributed by atoms with van der Waals surface area (Å²) in [5.41, 5.74) is -0.837. The fraction of sp³-hybridized carbons (Fsp3) is 0.867. The van der Waals surface area contributed by atoms with Gasteiger partial charge < -0.3 is 10.0 Å². The van der Waals surface area contributed by atoms with E-state index in [9.17, 15) is 9.59 Å². The number of nitrogens with zero attached hydrogens (tertiary/aromatic N) is 2. The van der Waals surface area contributed by atoms with Gasteiger partial charge >= 0.3 is 6.09 Å². The predicted molar refractivity (Wildman–Crippen MR) is 79.8 cm³/mol. The Hall–Kier alpha value is -1.30. The van der Waals surface area contributed by atoms with E-state index in [0.29, 0.717) is 19.0 Å². The molecule has 0 bridgehead atoms. The highest BCUT2D eigenvalue weighted by atomic mass is 16.7. The lowest BCUT2D eigenvalue weighted by Crippen LogP contribution is -2.49. The van der Waals surface area contributed by atoms with Crippen LogP contribution in [0.25, 0.3) is 0 Å². The average Bonchev–Trinajstić information content (AvgIpc) is 2.34. The molecule has 1 N–H and O–H groups in total. The molecule has 0 spiro atoms. The summed E-state index contributed by atoms with van der Waals surface area (Å²) in [5, 5.41) is 10.4. The van der Waals surface area contributed by atoms with Crippen molar-refractivity contribution in [1.29, 1.82) is 0 Å². The Morgan fingerprint density at radius 3 is 2.19 bits per heavy atom. The Labute approximate surface area is 127 Å². The SMILES string of the molecule is CC(C)(C)ON(C=O)C(C)(C)CC1CCN(C(=O)O)CC1. The third-order valence-corrected chi connectivity index (χ3v) is 3.74. The number of carboxylic acid groups (broad SMARTS) is 1. The van der Waals surface area contributed by atoms with Crippen LogP contribution in [0.3, 0.4) is 0 Å². The molecule has 1 fully saturated rings. The van der Waals surface area contributed by atoms with E-state index in [-0.39, 0.29) is 0 Å². The van der Waals surface area contributed by atoms with E-state index < -0.39 is 17.2 Å². The maximum atomic E-state index is 11.3. The van der Waals surface area contributed by atoms with Gasteiger partial charge in [-0.3, -0.25) is 9.63 Å². The lowest BCUT2D eigenvalue weighted by Gasteiger charge is -2.41. The van der Waals surface area contributed by atoms with Crippen LogP contribution >= 0.6 is 0 Å². The first-order valence-electron chi connectivity index (χ1n) is 7.47. The largest absolute Gasteiger partial charge is 0.465 e. The first-order valence-corrected chi connectivity index (χ1v) is 7.47. The Morgan fingerprint density at radius 1 is 1.29 bits per heavy atom. The number of amides is 2. The van der Waals surface area contributed by atoms with Crippen molar-refractivity contribution in [3.63, 3.8) is 0 Å². The van der Waals surface area contributed by atoms with Crippen molar-refractivity contribution < 1.29 is 19.5 Å². The summed E-state index contributed by atoms with van der Waals surface area (Å²) >= 11 is 0. The smallest absolute Gasteiger partial charge is 0.407 e. The maximum absolute atomic E-state index is 11.3. The van der Waals surface area contributed by atoms with Gasteiger partial charge in [-0.1, -0.05) is 0 Å². The maximum Gasteiger partial charge on any atom is 0.407 e. The fourth-order valence-corrected chi connectivity index (χ4v) is 2.71. The van der Waals surface area contributed by atoms with E-state index in [2.05, 4.69) is 0 Å². The molecule has 0 aromatic carbocycles. The van der Waals surface area contributed by atoms with Gasteiger partial charge in [-0.25, -0.2) is 9.86 Å². The lowest BCUT2D eigenvalue weighted by molar-refractivity contribution is -0.252. The zero-order chi connectivity index (χ0) is 16.3. The first-order chi connectivity index (χ1) is 9.55. The van der Waals surface area contributed by atoms with Crippen LogP contribution in [0.2, 0.25) is 0 Å². The normalized spacial score (nSPS) is 17.7. The highest BCUT2D eigenvalue weighted by Crippen LogP contribution is 2.31. The number of piperidine rings is 1. The number of carbonyl (C=O) groups excluding carboxylic acids is 1. The molecule has 122 valence electrons. The van der Waals surface area contributed by atoms with Gasteiger partial charge in [0.25, 0.3) is 0 Å². The number of likely N-dealkylation sites (tertiary alicyclic amines) is 1. The Morgan fingerprint density at radius 2 is 1.81 bits per heavy atom. The lowest BCUT2D eigenvalue weighted by atomic mass is 9.84. The Balaban J connectivity index is 2.59. The van der Waals surface area contributed by atoms with E-state index in [1.807, 2.05) is 34.6 Å². The highest BCUT2D eigenvalue weighted by molar-refractivity contribution is 5.64. The van der Waals surface area contributed by atoms with Crippen molar-refractivity contribution in [1.82, 2.24) is 9.96 Å². The van der Waals surface area contributed by atoms with Gasteiger partial charge in [0.1, 0.15) is 0 Å². The van der Waals surface area contributed by atoms with Gasteiger partial charge in [0.2, 0.25) is 6.41 Å². The zero-order valence-electron chi connectivity index (χ0n) is 13.8. The van der Waals surface area contributed by atoms with Gasteiger partial charge in [0.15, 0.2) is 0 Å². The highest BCUT2D eigenvalue weighted by Gasteiger charge is 2.34. The predicted octanol–water partition coefficient (Wildman–Crippen LogP) is 2.73. The second-order valence-corrected chi connectivity index (χ2v) is 7.36. The quantitative estimate of drug-likeness (QED) is 0.626. The van der Waals surface area contributed by atoms with Crippen LogP contribution in [-0.4, -0.2) is 51.8 Å². The van der Waals surface area contributed by atoms with Gasteiger partial charge in [-0.15, -0.1) is 0 Å². The molecule has 0 atom stereocenters. The van der Waals surface area contributed by atoms with Gasteiger partial charge in [0, 0.05) is 13.1 Å². The summed E-state index contributed by atoms with van der Waals surface area (Å²) in [6.45, 7) is 10.8. The van der Waals surface area contributed by atoms with Crippen molar-refractivity contribution in [2.75, 3.05) is 13.1 Å². The number of hydroxylamine groups is 2. The molecule has 1 aliphatic rings. The zero-order valence-corrected chi connectivity index (χ0v) is 13.8. The van der Waals surface area contributed by atoms with E-state index in [1.165, 1.54) is 9.96 Å². The summed E-state index contributed by atoms with van der Waals surface area (Å²) in [6, 6.07) is 0. The number of hydrogen-bond acceptors (Lipinski definition) is 3. The molecule has 6 nitrogen and oxygen atoms in total. The number of rotatable bonds is 5. The first kappa shape index (κ1) is 17.8. The molecule has 0 aromatic heterocycles. The summed E-state index contributed by atoms with van der Waals surface area (Å²) in [7, 11) is 0. The van der Waals surface area contributed by atoms with E-state index in [4.69, 9.17) is 9.94 Å². The van der Waals surface area contributed by atoms with E-state index in [0.717, 1.165) is 25.7 Å². The molecule has 0 radical (unpaired) electrons. The van der Waals surface area contributed by atoms with Crippen LogP contribution in [0.1, 0.15) is 53.9 Å². The third-order valence-electron chi connectivity index (χ3n) is 3.74. The van der Waals surface area contributed by atoms with Crippen LogP contribution in [0, 0.1) is 5.92 Å². The van der Waals surface area contributed by atoms with E-state index >= 15 is 0 Å². The molecule has 0 saturated carbocycles. The van der Waals surface area contributed by atoms with Crippen LogP contribution in [0.5, 0.6) is 0 Å². The van der Waals surface area contributed by atoms with Crippen LogP contribution in [0.15, 0.2) is 0 Å². The Kier molecular flexibility index (Phi) is 5.61. The second-order valence-electron chi connectivity index (χ2n) is 7.36. The average molecular weight is 300 g/mol. The Bertz CT molecular complexity index is 368. The minimum Gasteiger partial charge on any atom is -0.465 e. The van der Waals surface area contributed by atoms with Crippen molar-refractivity contribution in [3.05, 3.63) is 0 Å². The van der Waals surface area contributed by atoms with Crippen LogP contribution in [-0.2, 0) is 9.63 Å². The molecule has 1 saturated heterocycles. The molecule has 21 heavy (non-hydrogen) atoms. The molecule has 1 aliphatic heterocycles. The molecule has 1 rings (SSSR count). The van der Waals surface area contributed by atoms with Gasteiger partial charge in [0.05, 0.1) is 11.1 Å². The molecule has 0 aromatic rings. The molecule has 6 heteroatoms. The second kappa shape index (κ2) is 6.64. The van der Waals surface area contributed by atoms with Gasteiger partial charge in [-0.2, -0.15) is 0 Å². The van der Waals surface area contributed by atoms with Crippen molar-refractivity contribution in [2.24, 2.45) is 5.92 Å². The fourth-order valence-electron chi connectivity index (χ4n) is 2.71. The summed E-state index contributed by atoms with van der Waals surface area (Å²) in [6.07, 6.45) is 2.35. The van der Waals surface area contributed by atoms with E-state index in [1.54, 1.807) is 0 Å². The molecule has 0 unspecified atom stereocenters. The molecule has 2 amide bonds. The number of hydrogen-bond donors (Lipinski definition) is 1. The van der Waals surface area contributed by atoms with Crippen LogP contribution < -0.4 is 0 Å². The summed E-state index contributed by atoms with van der Waals surface area (Å²) in [4.78, 5) is 29.4. The number of carbonyl (C=O) groups is 2. The van der Waals surface area contributed by atoms with Crippen molar-refractivity contribution in [2.45, 2.75) is 65.0 Å². The van der Waals surface area contributed by atoms with Crippen molar-refractivity contribution in [3.8, 4) is 0 Å². The third kappa shape index (κ3) is 5.53. The van der Waals surface area contributed by atoms with Gasteiger partial charge in [-0.05, 0) is 59.8 Å². The monoisotopic (exact) mass is 300 g/mol. The van der Waals surface area contributed by atoms with Crippen LogP contribution in [0.4, 0.5) is 4.79 Å². The minimum atomic E-state index is -0.849.